The molecule has 1 unspecified atom stereocenters. The largest absolute Gasteiger partial charge is 0.352 e. The lowest BCUT2D eigenvalue weighted by molar-refractivity contribution is -0.120. The zero-order valence-corrected chi connectivity index (χ0v) is 18.2. The zero-order valence-electron chi connectivity index (χ0n) is 16.6. The molecule has 152 valence electrons. The predicted octanol–water partition coefficient (Wildman–Crippen LogP) is 4.36. The van der Waals surface area contributed by atoms with Gasteiger partial charge < -0.3 is 10.2 Å². The van der Waals surface area contributed by atoms with E-state index in [4.69, 9.17) is 11.6 Å². The third kappa shape index (κ3) is 6.84. The van der Waals surface area contributed by atoms with Crippen molar-refractivity contribution in [3.8, 4) is 0 Å². The highest BCUT2D eigenvalue weighted by Gasteiger charge is 2.14. The second kappa shape index (κ2) is 10.4. The number of amides is 1. The molecule has 1 heterocycles. The molecule has 3 aromatic rings. The first-order chi connectivity index (χ1) is 14.0. The Morgan fingerprint density at radius 2 is 1.86 bits per heavy atom. The summed E-state index contributed by atoms with van der Waals surface area (Å²) in [6.07, 6.45) is 2.50. The number of likely N-dealkylation sites (N-methyl/N-ethyl adjacent to an activating group) is 1. The van der Waals surface area contributed by atoms with Crippen molar-refractivity contribution < 1.29 is 4.79 Å². The summed E-state index contributed by atoms with van der Waals surface area (Å²) < 4.78 is 4.41. The Kier molecular flexibility index (Phi) is 7.61. The molecule has 5 nitrogen and oxygen atoms in total. The number of aromatic nitrogens is 2. The molecule has 1 atom stereocenters. The van der Waals surface area contributed by atoms with Crippen molar-refractivity contribution in [2.24, 2.45) is 0 Å². The van der Waals surface area contributed by atoms with Gasteiger partial charge in [0.1, 0.15) is 5.82 Å². The minimum Gasteiger partial charge on any atom is -0.352 e. The van der Waals surface area contributed by atoms with E-state index in [1.165, 1.54) is 17.1 Å². The van der Waals surface area contributed by atoms with Gasteiger partial charge in [0.2, 0.25) is 11.0 Å². The van der Waals surface area contributed by atoms with Crippen LogP contribution in [0.3, 0.4) is 0 Å². The van der Waals surface area contributed by atoms with E-state index in [0.29, 0.717) is 11.4 Å². The SMILES string of the molecule is CC(CCc1ccccc1)NC(=O)CN(C)c1nc(Cc2ccc(Cl)cc2)ns1. The number of halogens is 1. The average Bonchev–Trinajstić information content (AvgIpc) is 3.17. The van der Waals surface area contributed by atoms with Crippen LogP contribution in [0, 0.1) is 0 Å². The van der Waals surface area contributed by atoms with Crippen molar-refractivity contribution in [2.45, 2.75) is 32.2 Å². The molecule has 0 radical (unpaired) electrons. The lowest BCUT2D eigenvalue weighted by Crippen LogP contribution is -2.40. The van der Waals surface area contributed by atoms with E-state index in [0.717, 1.165) is 29.4 Å². The van der Waals surface area contributed by atoms with Crippen LogP contribution in [-0.4, -0.2) is 34.9 Å². The molecular formula is C22H25ClN4OS. The minimum absolute atomic E-state index is 0.0116. The van der Waals surface area contributed by atoms with Crippen LogP contribution in [-0.2, 0) is 17.6 Å². The number of hydrogen-bond acceptors (Lipinski definition) is 5. The summed E-state index contributed by atoms with van der Waals surface area (Å²) in [5, 5.41) is 4.52. The quantitative estimate of drug-likeness (QED) is 0.550. The summed E-state index contributed by atoms with van der Waals surface area (Å²) in [5.41, 5.74) is 2.39. The maximum Gasteiger partial charge on any atom is 0.239 e. The number of nitrogens with one attached hydrogen (secondary N) is 1. The Balaban J connectivity index is 1.45. The Bertz CT molecular complexity index is 914. The number of carbonyl (C=O) groups is 1. The third-order valence-corrected chi connectivity index (χ3v) is 5.68. The van der Waals surface area contributed by atoms with Crippen molar-refractivity contribution in [1.82, 2.24) is 14.7 Å². The number of aryl methyl sites for hydroxylation is 1. The topological polar surface area (TPSA) is 58.1 Å². The van der Waals surface area contributed by atoms with Crippen LogP contribution in [0.2, 0.25) is 5.02 Å². The molecule has 0 bridgehead atoms. The Hall–Kier alpha value is -2.44. The van der Waals surface area contributed by atoms with E-state index in [1.54, 1.807) is 0 Å². The fraction of sp³-hybridized carbons (Fsp3) is 0.318. The molecule has 0 spiro atoms. The molecule has 29 heavy (non-hydrogen) atoms. The number of rotatable bonds is 9. The van der Waals surface area contributed by atoms with Gasteiger partial charge in [-0.1, -0.05) is 54.1 Å². The van der Waals surface area contributed by atoms with Gasteiger partial charge in [0.15, 0.2) is 0 Å². The number of benzene rings is 2. The van der Waals surface area contributed by atoms with Crippen LogP contribution in [0.15, 0.2) is 54.6 Å². The molecule has 2 aromatic carbocycles. The van der Waals surface area contributed by atoms with E-state index in [1.807, 2.05) is 61.3 Å². The monoisotopic (exact) mass is 428 g/mol. The van der Waals surface area contributed by atoms with Gasteiger partial charge in [-0.15, -0.1) is 0 Å². The van der Waals surface area contributed by atoms with Crippen LogP contribution >= 0.6 is 23.1 Å². The highest BCUT2D eigenvalue weighted by atomic mass is 35.5. The predicted molar refractivity (Wildman–Crippen MR) is 120 cm³/mol. The van der Waals surface area contributed by atoms with Crippen molar-refractivity contribution in [2.75, 3.05) is 18.5 Å². The molecule has 0 aliphatic carbocycles. The number of anilines is 1. The first kappa shape index (κ1) is 21.3. The minimum atomic E-state index is -0.0116. The highest BCUT2D eigenvalue weighted by Crippen LogP contribution is 2.18. The maximum atomic E-state index is 12.4. The van der Waals surface area contributed by atoms with Gasteiger partial charge >= 0.3 is 0 Å². The second-order valence-corrected chi connectivity index (χ2v) is 8.31. The van der Waals surface area contributed by atoms with E-state index >= 15 is 0 Å². The van der Waals surface area contributed by atoms with Gasteiger partial charge in [-0.2, -0.15) is 4.37 Å². The van der Waals surface area contributed by atoms with Crippen LogP contribution in [0.5, 0.6) is 0 Å². The molecule has 0 fully saturated rings. The van der Waals surface area contributed by atoms with Gasteiger partial charge in [0, 0.05) is 36.1 Å². The zero-order chi connectivity index (χ0) is 20.6. The van der Waals surface area contributed by atoms with E-state index in [-0.39, 0.29) is 18.5 Å². The van der Waals surface area contributed by atoms with Crippen LogP contribution < -0.4 is 10.2 Å². The molecule has 0 saturated heterocycles. The standard InChI is InChI=1S/C22H25ClN4OS/c1-16(8-9-17-6-4-3-5-7-17)24-21(28)15-27(2)22-25-20(26-29-22)14-18-10-12-19(23)13-11-18/h3-7,10-13,16H,8-9,14-15H2,1-2H3,(H,24,28). The molecule has 0 saturated carbocycles. The third-order valence-electron chi connectivity index (χ3n) is 4.56. The maximum absolute atomic E-state index is 12.4. The second-order valence-electron chi connectivity index (χ2n) is 7.15. The van der Waals surface area contributed by atoms with Crippen LogP contribution in [0.4, 0.5) is 5.13 Å². The molecule has 3 rings (SSSR count). The molecule has 1 aromatic heterocycles. The highest BCUT2D eigenvalue weighted by molar-refractivity contribution is 7.09. The Labute approximate surface area is 180 Å². The van der Waals surface area contributed by atoms with E-state index in [9.17, 15) is 4.79 Å². The van der Waals surface area contributed by atoms with Gasteiger partial charge in [-0.25, -0.2) is 4.98 Å². The molecule has 1 N–H and O–H groups in total. The van der Waals surface area contributed by atoms with Gasteiger partial charge in [-0.05, 0) is 43.0 Å². The van der Waals surface area contributed by atoms with E-state index < -0.39 is 0 Å². The Morgan fingerprint density at radius 1 is 1.14 bits per heavy atom. The summed E-state index contributed by atoms with van der Waals surface area (Å²) in [7, 11) is 1.86. The van der Waals surface area contributed by atoms with E-state index in [2.05, 4.69) is 26.8 Å². The first-order valence-corrected chi connectivity index (χ1v) is 10.8. The smallest absolute Gasteiger partial charge is 0.239 e. The van der Waals surface area contributed by atoms with Gasteiger partial charge in [0.25, 0.3) is 0 Å². The summed E-state index contributed by atoms with van der Waals surface area (Å²) in [4.78, 5) is 18.8. The van der Waals surface area contributed by atoms with Gasteiger partial charge in [-0.3, -0.25) is 4.79 Å². The average molecular weight is 429 g/mol. The molecule has 1 amide bonds. The fourth-order valence-corrected chi connectivity index (χ4v) is 3.73. The van der Waals surface area contributed by atoms with Gasteiger partial charge in [0.05, 0.1) is 6.54 Å². The molecule has 7 heteroatoms. The van der Waals surface area contributed by atoms with Crippen LogP contribution in [0.25, 0.3) is 0 Å². The van der Waals surface area contributed by atoms with Crippen molar-refractivity contribution >= 4 is 34.2 Å². The van der Waals surface area contributed by atoms with Crippen LogP contribution in [0.1, 0.15) is 30.3 Å². The summed E-state index contributed by atoms with van der Waals surface area (Å²) in [6, 6.07) is 18.1. The lowest BCUT2D eigenvalue weighted by Gasteiger charge is -2.18. The van der Waals surface area contributed by atoms with Crippen molar-refractivity contribution in [1.29, 1.82) is 0 Å². The normalized spacial score (nSPS) is 11.8. The first-order valence-electron chi connectivity index (χ1n) is 9.61. The van der Waals surface area contributed by atoms with Crippen molar-refractivity contribution in [3.63, 3.8) is 0 Å². The van der Waals surface area contributed by atoms with Crippen molar-refractivity contribution in [3.05, 3.63) is 76.6 Å². The summed E-state index contributed by atoms with van der Waals surface area (Å²) in [5.74, 6) is 0.735. The molecule has 0 aliphatic rings. The summed E-state index contributed by atoms with van der Waals surface area (Å²) in [6.45, 7) is 2.29. The number of hydrogen-bond donors (Lipinski definition) is 1. The summed E-state index contributed by atoms with van der Waals surface area (Å²) >= 11 is 7.23. The molecule has 0 aliphatic heterocycles. The number of carbonyl (C=O) groups excluding carboxylic acids is 1. The molecular weight excluding hydrogens is 404 g/mol. The number of nitrogens with zero attached hydrogens (tertiary/aromatic N) is 3. The Morgan fingerprint density at radius 3 is 2.59 bits per heavy atom. The fourth-order valence-electron chi connectivity index (χ4n) is 2.96. The lowest BCUT2D eigenvalue weighted by atomic mass is 10.1.